The van der Waals surface area contributed by atoms with Crippen LogP contribution in [0.5, 0.6) is 0 Å². The van der Waals surface area contributed by atoms with E-state index in [4.69, 9.17) is 0 Å². The molecule has 2 amide bonds. The van der Waals surface area contributed by atoms with Gasteiger partial charge in [0.2, 0.25) is 21.8 Å². The Hall–Kier alpha value is -2.67. The van der Waals surface area contributed by atoms with Crippen LogP contribution in [-0.2, 0) is 31.6 Å². The summed E-state index contributed by atoms with van der Waals surface area (Å²) in [6, 6.07) is 16.3. The summed E-state index contributed by atoms with van der Waals surface area (Å²) in [5, 5.41) is 0. The Balaban J connectivity index is 1.70. The highest BCUT2D eigenvalue weighted by Crippen LogP contribution is 2.67. The van der Waals surface area contributed by atoms with Crippen LogP contribution in [0.4, 0.5) is 5.69 Å². The molecule has 0 radical (unpaired) electrons. The van der Waals surface area contributed by atoms with Crippen LogP contribution in [0.1, 0.15) is 24.5 Å². The molecule has 6 nitrogen and oxygen atoms in total. The summed E-state index contributed by atoms with van der Waals surface area (Å²) in [6.45, 7) is 2.24. The average molecular weight is 398 g/mol. The maximum atomic E-state index is 13.4. The number of benzene rings is 2. The third kappa shape index (κ3) is 2.81. The lowest BCUT2D eigenvalue weighted by molar-refractivity contribution is -0.143. The van der Waals surface area contributed by atoms with E-state index in [0.717, 1.165) is 11.8 Å². The number of hydrogen-bond donors (Lipinski definition) is 1. The second-order valence-corrected chi connectivity index (χ2v) is 9.28. The molecule has 0 bridgehead atoms. The number of imide groups is 1. The third-order valence-electron chi connectivity index (χ3n) is 5.77. The number of rotatable bonds is 6. The van der Waals surface area contributed by atoms with Gasteiger partial charge < -0.3 is 0 Å². The summed E-state index contributed by atoms with van der Waals surface area (Å²) in [7, 11) is -3.43. The number of likely N-dealkylation sites (tertiary alicyclic amines) is 1. The summed E-state index contributed by atoms with van der Waals surface area (Å²) in [5.41, 5.74) is 1.13. The maximum absolute atomic E-state index is 13.4. The number of anilines is 1. The van der Waals surface area contributed by atoms with Crippen LogP contribution >= 0.6 is 0 Å². The number of amides is 2. The van der Waals surface area contributed by atoms with Gasteiger partial charge in [0, 0.05) is 5.69 Å². The van der Waals surface area contributed by atoms with E-state index >= 15 is 0 Å². The Labute approximate surface area is 164 Å². The lowest BCUT2D eigenvalue weighted by atomic mass is 9.90. The highest BCUT2D eigenvalue weighted by molar-refractivity contribution is 7.92. The Kier molecular flexibility index (Phi) is 4.30. The third-order valence-corrected chi connectivity index (χ3v) is 6.37. The molecule has 0 spiro atoms. The zero-order valence-corrected chi connectivity index (χ0v) is 16.6. The first-order valence-electron chi connectivity index (χ1n) is 9.27. The van der Waals surface area contributed by atoms with Crippen LogP contribution < -0.4 is 4.72 Å². The fourth-order valence-corrected chi connectivity index (χ4v) is 5.21. The van der Waals surface area contributed by atoms with E-state index in [-0.39, 0.29) is 30.2 Å². The minimum atomic E-state index is -3.43. The van der Waals surface area contributed by atoms with Crippen molar-refractivity contribution in [2.75, 3.05) is 11.0 Å². The van der Waals surface area contributed by atoms with E-state index in [9.17, 15) is 18.0 Å². The molecule has 28 heavy (non-hydrogen) atoms. The summed E-state index contributed by atoms with van der Waals surface area (Å²) in [5.74, 6) is -0.743. The van der Waals surface area contributed by atoms with Crippen molar-refractivity contribution in [3.8, 4) is 0 Å². The number of nitrogens with one attached hydrogen (secondary N) is 1. The standard InChI is InChI=1S/C21H22N2O4S/c1-3-17-18-19(24)23(13-14-8-5-4-6-9-14)20(25)21(17,18)15-10-7-11-16(12-15)22-28(2,26)27/h4-12,17-18,22H,3,13H2,1-2H3. The molecule has 7 heteroatoms. The quantitative estimate of drug-likeness (QED) is 0.758. The lowest BCUT2D eigenvalue weighted by Crippen LogP contribution is -2.38. The molecule has 1 aliphatic carbocycles. The molecule has 1 aliphatic heterocycles. The normalized spacial score (nSPS) is 26.3. The van der Waals surface area contributed by atoms with E-state index in [0.29, 0.717) is 17.7 Å². The van der Waals surface area contributed by atoms with Gasteiger partial charge in [0.15, 0.2) is 0 Å². The molecule has 0 aromatic heterocycles. The number of carbonyl (C=O) groups is 2. The number of nitrogens with zero attached hydrogens (tertiary/aromatic N) is 1. The lowest BCUT2D eigenvalue weighted by Gasteiger charge is -2.22. The maximum Gasteiger partial charge on any atom is 0.241 e. The summed E-state index contributed by atoms with van der Waals surface area (Å²) in [6.07, 6.45) is 1.80. The van der Waals surface area contributed by atoms with Gasteiger partial charge in [-0.15, -0.1) is 0 Å². The van der Waals surface area contributed by atoms with Crippen molar-refractivity contribution in [2.24, 2.45) is 11.8 Å². The van der Waals surface area contributed by atoms with Gasteiger partial charge >= 0.3 is 0 Å². The van der Waals surface area contributed by atoms with Crippen molar-refractivity contribution in [3.05, 3.63) is 65.7 Å². The summed E-state index contributed by atoms with van der Waals surface area (Å²) >= 11 is 0. The van der Waals surface area contributed by atoms with Crippen molar-refractivity contribution in [2.45, 2.75) is 25.3 Å². The van der Waals surface area contributed by atoms with E-state index in [1.807, 2.05) is 43.3 Å². The van der Waals surface area contributed by atoms with E-state index in [1.165, 1.54) is 4.90 Å². The molecule has 3 unspecified atom stereocenters. The van der Waals surface area contributed by atoms with Crippen molar-refractivity contribution < 1.29 is 18.0 Å². The second-order valence-electron chi connectivity index (χ2n) is 7.53. The SMILES string of the molecule is CCC1C2C(=O)N(Cc3ccccc3)C(=O)C12c1cccc(NS(C)(=O)=O)c1. The average Bonchev–Trinajstić information content (AvgIpc) is 3.29. The molecular formula is C21H22N2O4S. The molecule has 1 N–H and O–H groups in total. The highest BCUT2D eigenvalue weighted by Gasteiger charge is 2.78. The van der Waals surface area contributed by atoms with Crippen LogP contribution in [0.3, 0.4) is 0 Å². The second kappa shape index (κ2) is 6.44. The molecule has 4 rings (SSSR count). The van der Waals surface area contributed by atoms with Crippen LogP contribution in [0, 0.1) is 11.8 Å². The molecule has 2 fully saturated rings. The van der Waals surface area contributed by atoms with Crippen LogP contribution in [0.2, 0.25) is 0 Å². The van der Waals surface area contributed by atoms with Crippen molar-refractivity contribution in [1.29, 1.82) is 0 Å². The van der Waals surface area contributed by atoms with Crippen molar-refractivity contribution in [1.82, 2.24) is 4.90 Å². The fraction of sp³-hybridized carbons (Fsp3) is 0.333. The molecule has 2 aromatic rings. The highest BCUT2D eigenvalue weighted by atomic mass is 32.2. The molecule has 1 heterocycles. The van der Waals surface area contributed by atoms with E-state index < -0.39 is 15.4 Å². The summed E-state index contributed by atoms with van der Waals surface area (Å²) in [4.78, 5) is 27.8. The molecule has 3 atom stereocenters. The Morgan fingerprint density at radius 2 is 1.79 bits per heavy atom. The zero-order valence-electron chi connectivity index (χ0n) is 15.8. The van der Waals surface area contributed by atoms with E-state index in [1.54, 1.807) is 18.2 Å². The summed E-state index contributed by atoms with van der Waals surface area (Å²) < 4.78 is 25.6. The topological polar surface area (TPSA) is 83.6 Å². The fourth-order valence-electron chi connectivity index (χ4n) is 4.65. The molecule has 1 saturated carbocycles. The molecule has 146 valence electrons. The largest absolute Gasteiger partial charge is 0.284 e. The van der Waals surface area contributed by atoms with Gasteiger partial charge in [-0.1, -0.05) is 55.8 Å². The first kappa shape index (κ1) is 18.7. The Bertz CT molecular complexity index is 1050. The number of hydrogen-bond acceptors (Lipinski definition) is 4. The van der Waals surface area contributed by atoms with Gasteiger partial charge in [0.1, 0.15) is 0 Å². The zero-order chi connectivity index (χ0) is 20.1. The van der Waals surface area contributed by atoms with Crippen molar-refractivity contribution >= 4 is 27.5 Å². The molecular weight excluding hydrogens is 376 g/mol. The molecule has 1 saturated heterocycles. The Morgan fingerprint density at radius 1 is 1.07 bits per heavy atom. The van der Waals surface area contributed by atoms with Crippen molar-refractivity contribution in [3.63, 3.8) is 0 Å². The van der Waals surface area contributed by atoms with Gasteiger partial charge in [-0.2, -0.15) is 0 Å². The number of sulfonamides is 1. The molecule has 2 aromatic carbocycles. The van der Waals surface area contributed by atoms with Crippen LogP contribution in [0.15, 0.2) is 54.6 Å². The minimum absolute atomic E-state index is 0.0481. The van der Waals surface area contributed by atoms with Gasteiger partial charge in [-0.25, -0.2) is 8.42 Å². The number of piperidine rings is 1. The van der Waals surface area contributed by atoms with Gasteiger partial charge in [-0.05, 0) is 29.2 Å². The van der Waals surface area contributed by atoms with Crippen LogP contribution in [-0.4, -0.2) is 31.4 Å². The predicted octanol–water partition coefficient (Wildman–Crippen LogP) is 2.52. The van der Waals surface area contributed by atoms with Gasteiger partial charge in [0.05, 0.1) is 24.1 Å². The first-order valence-corrected chi connectivity index (χ1v) is 11.2. The van der Waals surface area contributed by atoms with Gasteiger partial charge in [0.25, 0.3) is 0 Å². The van der Waals surface area contributed by atoms with E-state index in [2.05, 4.69) is 4.72 Å². The smallest absolute Gasteiger partial charge is 0.241 e. The number of carbonyl (C=O) groups excluding carboxylic acids is 2. The Morgan fingerprint density at radius 3 is 2.43 bits per heavy atom. The minimum Gasteiger partial charge on any atom is -0.284 e. The van der Waals surface area contributed by atoms with Crippen LogP contribution in [0.25, 0.3) is 0 Å². The number of fused-ring (bicyclic) bond motifs is 1. The van der Waals surface area contributed by atoms with Gasteiger partial charge in [-0.3, -0.25) is 19.2 Å². The monoisotopic (exact) mass is 398 g/mol. The first-order chi connectivity index (χ1) is 13.3. The predicted molar refractivity (Wildman–Crippen MR) is 106 cm³/mol. The molecule has 2 aliphatic rings.